The van der Waals surface area contributed by atoms with E-state index in [1.807, 2.05) is 43.3 Å². The molecule has 10 heteroatoms. The first-order chi connectivity index (χ1) is 18.5. The van der Waals surface area contributed by atoms with Gasteiger partial charge in [-0.15, -0.1) is 10.2 Å². The van der Waals surface area contributed by atoms with Gasteiger partial charge in [0.2, 0.25) is 5.82 Å². The fraction of sp³-hybridized carbons (Fsp3) is 0.321. The quantitative estimate of drug-likeness (QED) is 0.358. The summed E-state index contributed by atoms with van der Waals surface area (Å²) in [5, 5.41) is 15.7. The average molecular weight is 515 g/mol. The fourth-order valence-electron chi connectivity index (χ4n) is 4.68. The molecule has 0 bridgehead atoms. The Hall–Kier alpha value is -4.47. The van der Waals surface area contributed by atoms with Crippen molar-refractivity contribution in [1.29, 1.82) is 0 Å². The molecule has 0 saturated heterocycles. The highest BCUT2D eigenvalue weighted by atomic mass is 16.5. The summed E-state index contributed by atoms with van der Waals surface area (Å²) in [5.41, 5.74) is 2.34. The van der Waals surface area contributed by atoms with Gasteiger partial charge in [-0.1, -0.05) is 30.5 Å². The third-order valence-corrected chi connectivity index (χ3v) is 6.68. The van der Waals surface area contributed by atoms with E-state index in [4.69, 9.17) is 9.15 Å². The normalized spacial score (nSPS) is 14.3. The van der Waals surface area contributed by atoms with Crippen LogP contribution in [0.2, 0.25) is 0 Å². The molecule has 10 nitrogen and oxygen atoms in total. The summed E-state index contributed by atoms with van der Waals surface area (Å²) in [6, 6.07) is 17.2. The maximum atomic E-state index is 13.9. The lowest BCUT2D eigenvalue weighted by Crippen LogP contribution is -2.47. The lowest BCUT2D eigenvalue weighted by Gasteiger charge is -2.30. The molecule has 0 aliphatic heterocycles. The van der Waals surface area contributed by atoms with E-state index in [1.54, 1.807) is 31.4 Å². The van der Waals surface area contributed by atoms with Crippen molar-refractivity contribution in [2.75, 3.05) is 12.0 Å². The van der Waals surface area contributed by atoms with Gasteiger partial charge in [-0.25, -0.2) is 0 Å². The Labute approximate surface area is 220 Å². The Morgan fingerprint density at radius 2 is 1.84 bits per heavy atom. The van der Waals surface area contributed by atoms with E-state index in [0.717, 1.165) is 36.8 Å². The van der Waals surface area contributed by atoms with Gasteiger partial charge in [0.25, 0.3) is 11.8 Å². The van der Waals surface area contributed by atoms with Gasteiger partial charge in [-0.3, -0.25) is 14.5 Å². The monoisotopic (exact) mass is 514 g/mol. The van der Waals surface area contributed by atoms with Crippen LogP contribution in [0.15, 0.2) is 71.3 Å². The molecule has 0 radical (unpaired) electrons. The highest BCUT2D eigenvalue weighted by Gasteiger charge is 2.36. The molecule has 2 aromatic carbocycles. The van der Waals surface area contributed by atoms with Crippen LogP contribution in [0.1, 0.15) is 43.0 Å². The highest BCUT2D eigenvalue weighted by Crippen LogP contribution is 2.30. The van der Waals surface area contributed by atoms with Crippen molar-refractivity contribution in [3.8, 4) is 17.1 Å². The van der Waals surface area contributed by atoms with Gasteiger partial charge in [-0.2, -0.15) is 4.80 Å². The number of tetrazole rings is 1. The third-order valence-electron chi connectivity index (χ3n) is 6.68. The van der Waals surface area contributed by atoms with Crippen LogP contribution < -0.4 is 15.0 Å². The molecule has 1 aliphatic carbocycles. The smallest absolute Gasteiger partial charge is 0.251 e. The van der Waals surface area contributed by atoms with Gasteiger partial charge in [0.15, 0.2) is 6.04 Å². The number of rotatable bonds is 9. The fourth-order valence-corrected chi connectivity index (χ4v) is 4.68. The minimum atomic E-state index is -0.995. The van der Waals surface area contributed by atoms with Crippen molar-refractivity contribution in [2.45, 2.75) is 51.2 Å². The first-order valence-corrected chi connectivity index (χ1v) is 12.7. The topological polar surface area (TPSA) is 115 Å². The number of carbonyl (C=O) groups excluding carboxylic acids is 2. The molecular formula is C28H30N6O4. The largest absolute Gasteiger partial charge is 0.497 e. The van der Waals surface area contributed by atoms with Crippen molar-refractivity contribution >= 4 is 17.5 Å². The molecule has 0 unspecified atom stereocenters. The predicted octanol–water partition coefficient (Wildman–Crippen LogP) is 4.08. The number of furan rings is 1. The Kier molecular flexibility index (Phi) is 7.48. The van der Waals surface area contributed by atoms with Crippen LogP contribution in [0.3, 0.4) is 0 Å². The molecule has 5 rings (SSSR count). The number of carbonyl (C=O) groups is 2. The van der Waals surface area contributed by atoms with Crippen LogP contribution in [0.4, 0.5) is 5.69 Å². The lowest BCUT2D eigenvalue weighted by atomic mass is 10.1. The van der Waals surface area contributed by atoms with Crippen LogP contribution >= 0.6 is 0 Å². The molecule has 196 valence electrons. The van der Waals surface area contributed by atoms with Crippen molar-refractivity contribution in [1.82, 2.24) is 25.5 Å². The molecule has 2 heterocycles. The van der Waals surface area contributed by atoms with E-state index in [1.165, 1.54) is 16.0 Å². The molecule has 1 saturated carbocycles. The van der Waals surface area contributed by atoms with E-state index < -0.39 is 6.04 Å². The molecule has 1 fully saturated rings. The molecular weight excluding hydrogens is 484 g/mol. The van der Waals surface area contributed by atoms with Crippen LogP contribution in [0, 0.1) is 6.92 Å². The number of ether oxygens (including phenoxy) is 1. The maximum Gasteiger partial charge on any atom is 0.251 e. The van der Waals surface area contributed by atoms with Gasteiger partial charge < -0.3 is 14.5 Å². The summed E-state index contributed by atoms with van der Waals surface area (Å²) in [4.78, 5) is 30.2. The van der Waals surface area contributed by atoms with Crippen molar-refractivity contribution < 1.29 is 18.7 Å². The number of hydrogen-bond donors (Lipinski definition) is 1. The Balaban J connectivity index is 1.45. The third kappa shape index (κ3) is 5.59. The van der Waals surface area contributed by atoms with Crippen LogP contribution in [0.5, 0.6) is 5.75 Å². The highest BCUT2D eigenvalue weighted by molar-refractivity contribution is 6.01. The second kappa shape index (κ2) is 11.3. The molecule has 0 spiro atoms. The molecule has 4 aromatic rings. The van der Waals surface area contributed by atoms with E-state index in [-0.39, 0.29) is 24.4 Å². The Bertz CT molecular complexity index is 1360. The van der Waals surface area contributed by atoms with Gasteiger partial charge in [0.05, 0.1) is 13.4 Å². The number of amides is 2. The van der Waals surface area contributed by atoms with Crippen molar-refractivity contribution in [2.24, 2.45) is 0 Å². The molecule has 38 heavy (non-hydrogen) atoms. The Morgan fingerprint density at radius 3 is 2.50 bits per heavy atom. The van der Waals surface area contributed by atoms with Gasteiger partial charge in [0.1, 0.15) is 18.1 Å². The van der Waals surface area contributed by atoms with Crippen molar-refractivity contribution in [3.63, 3.8) is 0 Å². The summed E-state index contributed by atoms with van der Waals surface area (Å²) < 4.78 is 10.9. The zero-order valence-electron chi connectivity index (χ0n) is 21.4. The van der Waals surface area contributed by atoms with E-state index in [2.05, 4.69) is 20.7 Å². The summed E-state index contributed by atoms with van der Waals surface area (Å²) in [5.74, 6) is 0.801. The minimum absolute atomic E-state index is 0.0824. The second-order valence-corrected chi connectivity index (χ2v) is 9.38. The molecule has 1 atom stereocenters. The molecule has 1 aliphatic rings. The maximum absolute atomic E-state index is 13.9. The van der Waals surface area contributed by atoms with Crippen molar-refractivity contribution in [3.05, 3.63) is 78.3 Å². The number of benzene rings is 2. The number of methoxy groups -OCH3 is 1. The minimum Gasteiger partial charge on any atom is -0.497 e. The first kappa shape index (κ1) is 25.2. The number of nitrogens with zero attached hydrogens (tertiary/aromatic N) is 5. The number of aryl methyl sites for hydroxylation is 1. The van der Waals surface area contributed by atoms with Gasteiger partial charge in [-0.05, 0) is 73.5 Å². The van der Waals surface area contributed by atoms with Gasteiger partial charge in [0, 0.05) is 17.3 Å². The first-order valence-electron chi connectivity index (χ1n) is 12.7. The van der Waals surface area contributed by atoms with E-state index >= 15 is 0 Å². The second-order valence-electron chi connectivity index (χ2n) is 9.38. The van der Waals surface area contributed by atoms with E-state index in [0.29, 0.717) is 23.0 Å². The van der Waals surface area contributed by atoms with Gasteiger partial charge >= 0.3 is 0 Å². The molecule has 2 aromatic heterocycles. The summed E-state index contributed by atoms with van der Waals surface area (Å²) in [6.45, 7) is 1.75. The van der Waals surface area contributed by atoms with Crippen LogP contribution in [-0.4, -0.2) is 45.2 Å². The SMILES string of the molecule is COc1ccc(-c2nnn(CC(=O)N(c3ccc(C)cc3)[C@H](C(=O)NC3CCCC3)c3ccco3)n2)cc1. The Morgan fingerprint density at radius 1 is 1.11 bits per heavy atom. The zero-order chi connectivity index (χ0) is 26.5. The number of nitrogens with one attached hydrogen (secondary N) is 1. The number of hydrogen-bond acceptors (Lipinski definition) is 7. The molecule has 1 N–H and O–H groups in total. The average Bonchev–Trinajstić information content (AvgIpc) is 3.72. The summed E-state index contributed by atoms with van der Waals surface area (Å²) in [6.07, 6.45) is 5.50. The summed E-state index contributed by atoms with van der Waals surface area (Å²) in [7, 11) is 1.60. The van der Waals surface area contributed by atoms with Crippen LogP contribution in [-0.2, 0) is 16.1 Å². The lowest BCUT2D eigenvalue weighted by molar-refractivity contribution is -0.128. The summed E-state index contributed by atoms with van der Waals surface area (Å²) >= 11 is 0. The molecule has 2 amide bonds. The standard InChI is InChI=1S/C28H30N6O4/c1-19-9-13-22(14-10-19)34(26(24-8-5-17-38-24)28(36)29-21-6-3-4-7-21)25(35)18-33-31-27(30-32-33)20-11-15-23(37-2)16-12-20/h5,8-17,21,26H,3-4,6-7,18H2,1-2H3,(H,29,36)/t26-/m0/s1. The zero-order valence-corrected chi connectivity index (χ0v) is 21.4. The van der Waals surface area contributed by atoms with Crippen LogP contribution in [0.25, 0.3) is 11.4 Å². The number of anilines is 1. The number of aromatic nitrogens is 4. The van der Waals surface area contributed by atoms with E-state index in [9.17, 15) is 9.59 Å². The predicted molar refractivity (Wildman–Crippen MR) is 140 cm³/mol.